The van der Waals surface area contributed by atoms with Gasteiger partial charge in [0.2, 0.25) is 5.91 Å². The quantitative estimate of drug-likeness (QED) is 0.924. The minimum Gasteiger partial charge on any atom is -0.368 e. The third-order valence-corrected chi connectivity index (χ3v) is 4.22. The second-order valence-electron chi connectivity index (χ2n) is 6.37. The molecule has 1 N–H and O–H groups in total. The molecule has 0 saturated carbocycles. The number of nitrogens with one attached hydrogen (secondary N) is 1. The number of hydrogen-bond donors (Lipinski definition) is 1. The van der Waals surface area contributed by atoms with Crippen LogP contribution in [-0.2, 0) is 4.79 Å². The molecule has 7 heteroatoms. The number of aromatic nitrogens is 2. The van der Waals surface area contributed by atoms with E-state index in [1.54, 1.807) is 18.2 Å². The third-order valence-electron chi connectivity index (χ3n) is 4.22. The molecule has 1 saturated heterocycles. The lowest BCUT2D eigenvalue weighted by Crippen LogP contribution is -2.46. The molecule has 1 aromatic heterocycles. The van der Waals surface area contributed by atoms with Crippen LogP contribution in [0.25, 0.3) is 0 Å². The fraction of sp³-hybridized carbons (Fsp3) is 0.389. The van der Waals surface area contributed by atoms with E-state index in [0.717, 1.165) is 37.7 Å². The van der Waals surface area contributed by atoms with E-state index in [9.17, 15) is 9.18 Å². The van der Waals surface area contributed by atoms with Gasteiger partial charge in [-0.2, -0.15) is 0 Å². The van der Waals surface area contributed by atoms with Crippen molar-refractivity contribution in [3.05, 3.63) is 42.2 Å². The maximum atomic E-state index is 13.0. The molecule has 0 bridgehead atoms. The zero-order valence-corrected chi connectivity index (χ0v) is 14.4. The SMILES string of the molecule is CC(C)C(=O)Nc1ccc(N2CCN(c3ccc(F)cc3)CC2)nn1. The maximum Gasteiger partial charge on any atom is 0.228 e. The van der Waals surface area contributed by atoms with E-state index < -0.39 is 0 Å². The van der Waals surface area contributed by atoms with Gasteiger partial charge in [-0.05, 0) is 36.4 Å². The Morgan fingerprint density at radius 1 is 1.00 bits per heavy atom. The zero-order valence-electron chi connectivity index (χ0n) is 14.4. The van der Waals surface area contributed by atoms with Crippen molar-refractivity contribution in [2.75, 3.05) is 41.3 Å². The van der Waals surface area contributed by atoms with Crippen molar-refractivity contribution in [3.8, 4) is 0 Å². The average molecular weight is 343 g/mol. The molecule has 6 nitrogen and oxygen atoms in total. The summed E-state index contributed by atoms with van der Waals surface area (Å²) in [7, 11) is 0. The van der Waals surface area contributed by atoms with Crippen LogP contribution in [0.5, 0.6) is 0 Å². The number of piperazine rings is 1. The molecule has 1 aromatic carbocycles. The van der Waals surface area contributed by atoms with Gasteiger partial charge in [0, 0.05) is 37.8 Å². The number of benzene rings is 1. The van der Waals surface area contributed by atoms with Crippen molar-refractivity contribution in [1.29, 1.82) is 0 Å². The summed E-state index contributed by atoms with van der Waals surface area (Å²) in [5, 5.41) is 11.0. The predicted molar refractivity (Wildman–Crippen MR) is 96.3 cm³/mol. The van der Waals surface area contributed by atoms with Gasteiger partial charge in [0.05, 0.1) is 0 Å². The second kappa shape index (κ2) is 7.46. The number of rotatable bonds is 4. The predicted octanol–water partition coefficient (Wildman–Crippen LogP) is 2.54. The van der Waals surface area contributed by atoms with E-state index in [1.807, 2.05) is 19.9 Å². The summed E-state index contributed by atoms with van der Waals surface area (Å²) in [5.74, 6) is 0.868. The molecule has 0 spiro atoms. The van der Waals surface area contributed by atoms with Crippen LogP contribution >= 0.6 is 0 Å². The van der Waals surface area contributed by atoms with Gasteiger partial charge in [0.25, 0.3) is 0 Å². The van der Waals surface area contributed by atoms with E-state index in [2.05, 4.69) is 25.3 Å². The molecule has 0 aliphatic carbocycles. The van der Waals surface area contributed by atoms with Gasteiger partial charge in [0.1, 0.15) is 5.82 Å². The molecule has 2 aromatic rings. The first-order valence-corrected chi connectivity index (χ1v) is 8.43. The number of carbonyl (C=O) groups is 1. The monoisotopic (exact) mass is 343 g/mol. The van der Waals surface area contributed by atoms with Crippen molar-refractivity contribution >= 4 is 23.2 Å². The van der Waals surface area contributed by atoms with E-state index in [-0.39, 0.29) is 17.6 Å². The van der Waals surface area contributed by atoms with Crippen LogP contribution in [0.3, 0.4) is 0 Å². The molecule has 1 fully saturated rings. The molecule has 1 aliphatic heterocycles. The summed E-state index contributed by atoms with van der Waals surface area (Å²) in [4.78, 5) is 16.0. The standard InChI is InChI=1S/C18H22FN5O/c1-13(2)18(25)20-16-7-8-17(22-21-16)24-11-9-23(10-12-24)15-5-3-14(19)4-6-15/h3-8,13H,9-12H2,1-2H3,(H,20,21,25). The number of nitrogens with zero attached hydrogens (tertiary/aromatic N) is 4. The Bertz CT molecular complexity index is 709. The minimum atomic E-state index is -0.220. The number of hydrogen-bond acceptors (Lipinski definition) is 5. The first-order chi connectivity index (χ1) is 12.0. The summed E-state index contributed by atoms with van der Waals surface area (Å²) in [6, 6.07) is 10.2. The average Bonchev–Trinajstić information content (AvgIpc) is 2.63. The van der Waals surface area contributed by atoms with Gasteiger partial charge in [0.15, 0.2) is 11.6 Å². The molecule has 25 heavy (non-hydrogen) atoms. The van der Waals surface area contributed by atoms with E-state index in [4.69, 9.17) is 0 Å². The third kappa shape index (κ3) is 4.23. The van der Waals surface area contributed by atoms with Gasteiger partial charge < -0.3 is 15.1 Å². The number of amides is 1. The Kier molecular flexibility index (Phi) is 5.11. The van der Waals surface area contributed by atoms with Gasteiger partial charge in [-0.25, -0.2) is 4.39 Å². The van der Waals surface area contributed by atoms with E-state index >= 15 is 0 Å². The highest BCUT2D eigenvalue weighted by atomic mass is 19.1. The van der Waals surface area contributed by atoms with Crippen LogP contribution < -0.4 is 15.1 Å². The first kappa shape index (κ1) is 17.1. The van der Waals surface area contributed by atoms with Crippen molar-refractivity contribution in [2.45, 2.75) is 13.8 Å². The highest BCUT2D eigenvalue weighted by Gasteiger charge is 2.19. The Morgan fingerprint density at radius 3 is 2.20 bits per heavy atom. The van der Waals surface area contributed by atoms with Crippen LogP contribution in [0.1, 0.15) is 13.8 Å². The fourth-order valence-corrected chi connectivity index (χ4v) is 2.68. The van der Waals surface area contributed by atoms with Gasteiger partial charge in [-0.15, -0.1) is 10.2 Å². The summed E-state index contributed by atoms with van der Waals surface area (Å²) in [5.41, 5.74) is 1.03. The smallest absolute Gasteiger partial charge is 0.228 e. The first-order valence-electron chi connectivity index (χ1n) is 8.43. The Morgan fingerprint density at radius 2 is 1.64 bits per heavy atom. The zero-order chi connectivity index (χ0) is 17.8. The molecule has 3 rings (SSSR count). The Balaban J connectivity index is 1.57. The van der Waals surface area contributed by atoms with Crippen molar-refractivity contribution in [2.24, 2.45) is 5.92 Å². The Labute approximate surface area is 146 Å². The molecule has 1 amide bonds. The fourth-order valence-electron chi connectivity index (χ4n) is 2.68. The van der Waals surface area contributed by atoms with Crippen molar-refractivity contribution < 1.29 is 9.18 Å². The largest absolute Gasteiger partial charge is 0.368 e. The lowest BCUT2D eigenvalue weighted by atomic mass is 10.2. The van der Waals surface area contributed by atoms with E-state index in [0.29, 0.717) is 5.82 Å². The summed E-state index contributed by atoms with van der Waals surface area (Å²) >= 11 is 0. The lowest BCUT2D eigenvalue weighted by molar-refractivity contribution is -0.118. The molecular weight excluding hydrogens is 321 g/mol. The lowest BCUT2D eigenvalue weighted by Gasteiger charge is -2.36. The molecule has 0 radical (unpaired) electrons. The van der Waals surface area contributed by atoms with Crippen LogP contribution in [0.15, 0.2) is 36.4 Å². The number of carbonyl (C=O) groups excluding carboxylic acids is 1. The molecular formula is C18H22FN5O. The van der Waals surface area contributed by atoms with Crippen molar-refractivity contribution in [3.63, 3.8) is 0 Å². The molecule has 132 valence electrons. The highest BCUT2D eigenvalue weighted by Crippen LogP contribution is 2.20. The summed E-state index contributed by atoms with van der Waals surface area (Å²) in [6.45, 7) is 6.95. The highest BCUT2D eigenvalue weighted by molar-refractivity contribution is 5.91. The van der Waals surface area contributed by atoms with E-state index in [1.165, 1.54) is 12.1 Å². The van der Waals surface area contributed by atoms with Gasteiger partial charge in [-0.3, -0.25) is 4.79 Å². The number of anilines is 3. The summed E-state index contributed by atoms with van der Waals surface area (Å²) in [6.07, 6.45) is 0. The molecule has 0 atom stereocenters. The Hall–Kier alpha value is -2.70. The number of halogens is 1. The van der Waals surface area contributed by atoms with Crippen LogP contribution in [0, 0.1) is 11.7 Å². The maximum absolute atomic E-state index is 13.0. The molecule has 1 aliphatic rings. The molecule has 0 unspecified atom stereocenters. The minimum absolute atomic E-state index is 0.0741. The van der Waals surface area contributed by atoms with Gasteiger partial charge in [-0.1, -0.05) is 13.8 Å². The van der Waals surface area contributed by atoms with Crippen LogP contribution in [0.4, 0.5) is 21.7 Å². The van der Waals surface area contributed by atoms with Crippen LogP contribution in [-0.4, -0.2) is 42.3 Å². The topological polar surface area (TPSA) is 61.4 Å². The second-order valence-corrected chi connectivity index (χ2v) is 6.37. The van der Waals surface area contributed by atoms with Crippen molar-refractivity contribution in [1.82, 2.24) is 10.2 Å². The molecule has 2 heterocycles. The van der Waals surface area contributed by atoms with Crippen LogP contribution in [0.2, 0.25) is 0 Å². The summed E-state index contributed by atoms with van der Waals surface area (Å²) < 4.78 is 13.0. The normalized spacial score (nSPS) is 14.7. The van der Waals surface area contributed by atoms with Gasteiger partial charge >= 0.3 is 0 Å².